The summed E-state index contributed by atoms with van der Waals surface area (Å²) in [6, 6.07) is 27.0. The fraction of sp³-hybridized carbons (Fsp3) is 0.154. The Labute approximate surface area is 182 Å². The molecule has 3 aromatic rings. The Bertz CT molecular complexity index is 1030. The van der Waals surface area contributed by atoms with E-state index in [0.717, 1.165) is 22.4 Å². The number of para-hydroxylation sites is 1. The lowest BCUT2D eigenvalue weighted by molar-refractivity contribution is 0.191. The predicted octanol–water partition coefficient (Wildman–Crippen LogP) is 5.69. The van der Waals surface area contributed by atoms with Crippen LogP contribution >= 0.6 is 0 Å². The van der Waals surface area contributed by atoms with Crippen LogP contribution < -0.4 is 4.74 Å². The van der Waals surface area contributed by atoms with Crippen molar-refractivity contribution in [1.29, 1.82) is 10.8 Å². The molecule has 2 N–H and O–H groups in total. The van der Waals surface area contributed by atoms with E-state index >= 15 is 0 Å². The fourth-order valence-corrected chi connectivity index (χ4v) is 2.78. The van der Waals surface area contributed by atoms with Gasteiger partial charge in [0.05, 0.1) is 5.71 Å². The first kappa shape index (κ1) is 21.8. The molecule has 0 amide bonds. The zero-order valence-corrected chi connectivity index (χ0v) is 17.5. The molecule has 0 fully saturated rings. The molecule has 3 rings (SSSR count). The standard InChI is InChI=1S/C26H26N2O3/c1-20-10-8-9-15-24(20)30-19-23(27)16-25(29-17-21-11-4-2-5-12-21)26(28)31-18-22-13-6-3-7-14-22/h2-16,27-28H,17-19H2,1H3/b25-16+,27-23?,28-26?. The molecule has 0 heterocycles. The second-order valence-electron chi connectivity index (χ2n) is 6.97. The normalized spacial score (nSPS) is 10.9. The van der Waals surface area contributed by atoms with Gasteiger partial charge < -0.3 is 19.6 Å². The van der Waals surface area contributed by atoms with Crippen LogP contribution in [0.15, 0.2) is 96.8 Å². The highest BCUT2D eigenvalue weighted by Crippen LogP contribution is 2.16. The van der Waals surface area contributed by atoms with Crippen LogP contribution in [-0.4, -0.2) is 18.2 Å². The Morgan fingerprint density at radius 2 is 1.29 bits per heavy atom. The summed E-state index contributed by atoms with van der Waals surface area (Å²) in [6.07, 6.45) is 1.48. The molecule has 3 aromatic carbocycles. The lowest BCUT2D eigenvalue weighted by Gasteiger charge is -2.14. The predicted molar refractivity (Wildman–Crippen MR) is 123 cm³/mol. The summed E-state index contributed by atoms with van der Waals surface area (Å²) >= 11 is 0. The van der Waals surface area contributed by atoms with Gasteiger partial charge in [-0.05, 0) is 29.7 Å². The molecule has 5 heteroatoms. The summed E-state index contributed by atoms with van der Waals surface area (Å²) in [6.45, 7) is 2.54. The van der Waals surface area contributed by atoms with E-state index in [2.05, 4.69) is 0 Å². The molecular weight excluding hydrogens is 388 g/mol. The molecule has 0 aliphatic carbocycles. The molecule has 0 saturated heterocycles. The zero-order valence-electron chi connectivity index (χ0n) is 17.5. The smallest absolute Gasteiger partial charge is 0.249 e. The van der Waals surface area contributed by atoms with E-state index in [1.807, 2.05) is 91.9 Å². The second kappa shape index (κ2) is 11.4. The minimum Gasteiger partial charge on any atom is -0.487 e. The minimum atomic E-state index is -0.125. The molecule has 0 saturated carbocycles. The van der Waals surface area contributed by atoms with Crippen molar-refractivity contribution in [3.63, 3.8) is 0 Å². The van der Waals surface area contributed by atoms with Gasteiger partial charge >= 0.3 is 0 Å². The quantitative estimate of drug-likeness (QED) is 0.254. The number of rotatable bonds is 10. The molecule has 0 bridgehead atoms. The van der Waals surface area contributed by atoms with Gasteiger partial charge in [0.25, 0.3) is 0 Å². The highest BCUT2D eigenvalue weighted by molar-refractivity contribution is 6.01. The van der Waals surface area contributed by atoms with E-state index in [-0.39, 0.29) is 37.2 Å². The molecule has 31 heavy (non-hydrogen) atoms. The maximum atomic E-state index is 8.33. The average molecular weight is 415 g/mol. The van der Waals surface area contributed by atoms with Crippen molar-refractivity contribution >= 4 is 11.6 Å². The highest BCUT2D eigenvalue weighted by Gasteiger charge is 2.12. The second-order valence-corrected chi connectivity index (χ2v) is 6.97. The third kappa shape index (κ3) is 7.16. The molecule has 0 aromatic heterocycles. The van der Waals surface area contributed by atoms with Crippen molar-refractivity contribution in [1.82, 2.24) is 0 Å². The van der Waals surface area contributed by atoms with Gasteiger partial charge in [0.2, 0.25) is 5.90 Å². The van der Waals surface area contributed by atoms with Crippen LogP contribution in [0.5, 0.6) is 5.75 Å². The van der Waals surface area contributed by atoms with Crippen molar-refractivity contribution in [2.24, 2.45) is 0 Å². The molecule has 0 spiro atoms. The van der Waals surface area contributed by atoms with Crippen LogP contribution in [0.3, 0.4) is 0 Å². The van der Waals surface area contributed by atoms with Crippen LogP contribution in [0.25, 0.3) is 0 Å². The number of nitrogens with one attached hydrogen (secondary N) is 2. The topological polar surface area (TPSA) is 75.4 Å². The van der Waals surface area contributed by atoms with Gasteiger partial charge in [-0.15, -0.1) is 0 Å². The molecule has 0 radical (unpaired) electrons. The number of ether oxygens (including phenoxy) is 3. The molecule has 0 aliphatic heterocycles. The zero-order chi connectivity index (χ0) is 21.9. The summed E-state index contributed by atoms with van der Waals surface area (Å²) in [5, 5.41) is 16.6. The monoisotopic (exact) mass is 414 g/mol. The Morgan fingerprint density at radius 3 is 1.90 bits per heavy atom. The molecule has 0 aliphatic rings. The minimum absolute atomic E-state index is 0.0645. The van der Waals surface area contributed by atoms with Gasteiger partial charge in [-0.25, -0.2) is 0 Å². The van der Waals surface area contributed by atoms with Gasteiger partial charge in [0, 0.05) is 6.08 Å². The third-order valence-electron chi connectivity index (χ3n) is 4.47. The maximum Gasteiger partial charge on any atom is 0.249 e. The van der Waals surface area contributed by atoms with Crippen LogP contribution in [0, 0.1) is 17.7 Å². The van der Waals surface area contributed by atoms with Gasteiger partial charge in [-0.3, -0.25) is 5.41 Å². The van der Waals surface area contributed by atoms with Gasteiger partial charge in [-0.2, -0.15) is 0 Å². The fourth-order valence-electron chi connectivity index (χ4n) is 2.78. The van der Waals surface area contributed by atoms with Crippen molar-refractivity contribution in [3.05, 3.63) is 113 Å². The van der Waals surface area contributed by atoms with Gasteiger partial charge in [0.15, 0.2) is 5.76 Å². The Hall–Kier alpha value is -3.86. The average Bonchev–Trinajstić information content (AvgIpc) is 2.81. The summed E-state index contributed by atoms with van der Waals surface area (Å²) in [5.74, 6) is 0.793. The van der Waals surface area contributed by atoms with E-state index < -0.39 is 0 Å². The lowest BCUT2D eigenvalue weighted by Crippen LogP contribution is -2.15. The van der Waals surface area contributed by atoms with Crippen LogP contribution in [0.2, 0.25) is 0 Å². The van der Waals surface area contributed by atoms with Crippen molar-refractivity contribution in [3.8, 4) is 5.75 Å². The molecule has 158 valence electrons. The highest BCUT2D eigenvalue weighted by atomic mass is 16.5. The van der Waals surface area contributed by atoms with Crippen molar-refractivity contribution < 1.29 is 14.2 Å². The number of benzene rings is 3. The first-order valence-electron chi connectivity index (χ1n) is 10.0. The Morgan fingerprint density at radius 1 is 0.742 bits per heavy atom. The molecule has 0 unspecified atom stereocenters. The van der Waals surface area contributed by atoms with Gasteiger partial charge in [0.1, 0.15) is 25.6 Å². The number of hydrogen-bond acceptors (Lipinski definition) is 5. The summed E-state index contributed by atoms with van der Waals surface area (Å²) < 4.78 is 17.2. The lowest BCUT2D eigenvalue weighted by atomic mass is 10.2. The molecule has 5 nitrogen and oxygen atoms in total. The van der Waals surface area contributed by atoms with E-state index in [1.54, 1.807) is 0 Å². The van der Waals surface area contributed by atoms with Crippen molar-refractivity contribution in [2.75, 3.05) is 6.61 Å². The van der Waals surface area contributed by atoms with E-state index in [9.17, 15) is 0 Å². The third-order valence-corrected chi connectivity index (χ3v) is 4.47. The van der Waals surface area contributed by atoms with Gasteiger partial charge in [-0.1, -0.05) is 78.9 Å². The summed E-state index contributed by atoms with van der Waals surface area (Å²) in [4.78, 5) is 0. The Kier molecular flexibility index (Phi) is 8.00. The van der Waals surface area contributed by atoms with Crippen LogP contribution in [0.1, 0.15) is 16.7 Å². The first-order valence-corrected chi connectivity index (χ1v) is 10.0. The molecule has 0 atom stereocenters. The summed E-state index contributed by atoms with van der Waals surface area (Å²) in [5.41, 5.74) is 3.10. The first-order chi connectivity index (χ1) is 15.1. The maximum absolute atomic E-state index is 8.33. The van der Waals surface area contributed by atoms with E-state index in [4.69, 9.17) is 25.0 Å². The van der Waals surface area contributed by atoms with Crippen LogP contribution in [0.4, 0.5) is 0 Å². The van der Waals surface area contributed by atoms with E-state index in [0.29, 0.717) is 0 Å². The van der Waals surface area contributed by atoms with Crippen LogP contribution in [-0.2, 0) is 22.7 Å². The molecular formula is C26H26N2O3. The van der Waals surface area contributed by atoms with Crippen molar-refractivity contribution in [2.45, 2.75) is 20.1 Å². The van der Waals surface area contributed by atoms with E-state index in [1.165, 1.54) is 6.08 Å². The SMILES string of the molecule is Cc1ccccc1OCC(=N)/C=C(/OCc1ccccc1)C(=N)OCc1ccccc1. The number of aryl methyl sites for hydroxylation is 1. The Balaban J connectivity index is 1.66. The summed E-state index contributed by atoms with van der Waals surface area (Å²) in [7, 11) is 0. The number of hydrogen-bond donors (Lipinski definition) is 2. The largest absolute Gasteiger partial charge is 0.487 e.